The molecule has 0 radical (unpaired) electrons. The summed E-state index contributed by atoms with van der Waals surface area (Å²) in [6, 6.07) is 19.6. The van der Waals surface area contributed by atoms with Gasteiger partial charge in [0.25, 0.3) is 11.8 Å². The van der Waals surface area contributed by atoms with E-state index in [0.717, 1.165) is 11.1 Å². The van der Waals surface area contributed by atoms with E-state index >= 15 is 0 Å². The predicted octanol–water partition coefficient (Wildman–Crippen LogP) is 5.21. The van der Waals surface area contributed by atoms with Crippen LogP contribution in [-0.4, -0.2) is 18.4 Å². The van der Waals surface area contributed by atoms with Gasteiger partial charge in [-0.25, -0.2) is 0 Å². The molecule has 0 aliphatic rings. The maximum atomic E-state index is 12.8. The molecule has 3 aromatic rings. The number of carbonyl (C=O) groups is 2. The standard InChI is InChI=1S/C24H24N2O3/c1-4-29-20-9-7-8-18(15-20)23(27)26-22-11-6-5-10-21(22)24(28)25-19-13-12-16(2)17(3)14-19/h5-15H,4H2,1-3H3,(H,25,28)(H,26,27). The maximum absolute atomic E-state index is 12.8. The van der Waals surface area contributed by atoms with Crippen molar-refractivity contribution in [1.29, 1.82) is 0 Å². The molecule has 3 aromatic carbocycles. The van der Waals surface area contributed by atoms with Gasteiger partial charge in [-0.15, -0.1) is 0 Å². The van der Waals surface area contributed by atoms with Crippen molar-refractivity contribution < 1.29 is 14.3 Å². The summed E-state index contributed by atoms with van der Waals surface area (Å²) in [5.74, 6) is 0.0334. The van der Waals surface area contributed by atoms with Crippen LogP contribution in [0.4, 0.5) is 11.4 Å². The molecule has 0 atom stereocenters. The van der Waals surface area contributed by atoms with Gasteiger partial charge in [0.1, 0.15) is 5.75 Å². The summed E-state index contributed by atoms with van der Waals surface area (Å²) in [6.07, 6.45) is 0. The van der Waals surface area contributed by atoms with Gasteiger partial charge >= 0.3 is 0 Å². The Morgan fingerprint density at radius 1 is 0.828 bits per heavy atom. The molecule has 29 heavy (non-hydrogen) atoms. The fourth-order valence-electron chi connectivity index (χ4n) is 2.90. The number of carbonyl (C=O) groups excluding carboxylic acids is 2. The third-order valence-corrected chi connectivity index (χ3v) is 4.59. The normalized spacial score (nSPS) is 10.3. The molecule has 0 saturated heterocycles. The van der Waals surface area contributed by atoms with E-state index < -0.39 is 0 Å². The molecular formula is C24H24N2O3. The minimum absolute atomic E-state index is 0.285. The zero-order valence-corrected chi connectivity index (χ0v) is 16.8. The number of rotatable bonds is 6. The van der Waals surface area contributed by atoms with Crippen LogP contribution in [0.2, 0.25) is 0 Å². The molecule has 0 bridgehead atoms. The number of ether oxygens (including phenoxy) is 1. The Kier molecular flexibility index (Phi) is 6.29. The number of benzene rings is 3. The Labute approximate surface area is 170 Å². The maximum Gasteiger partial charge on any atom is 0.257 e. The molecule has 0 aliphatic heterocycles. The summed E-state index contributed by atoms with van der Waals surface area (Å²) >= 11 is 0. The van der Waals surface area contributed by atoms with Gasteiger partial charge in [0.05, 0.1) is 17.9 Å². The molecule has 0 aromatic heterocycles. The number of hydrogen-bond acceptors (Lipinski definition) is 3. The van der Waals surface area contributed by atoms with Gasteiger partial charge in [-0.1, -0.05) is 24.3 Å². The highest BCUT2D eigenvalue weighted by Gasteiger charge is 2.15. The first-order valence-corrected chi connectivity index (χ1v) is 9.49. The van der Waals surface area contributed by atoms with Gasteiger partial charge in [-0.3, -0.25) is 9.59 Å². The number of nitrogens with one attached hydrogen (secondary N) is 2. The van der Waals surface area contributed by atoms with Crippen LogP contribution in [-0.2, 0) is 0 Å². The van der Waals surface area contributed by atoms with Crippen LogP contribution in [0.25, 0.3) is 0 Å². The van der Waals surface area contributed by atoms with Gasteiger partial charge in [0, 0.05) is 11.3 Å². The molecule has 0 aliphatic carbocycles. The van der Waals surface area contributed by atoms with Crippen molar-refractivity contribution in [3.63, 3.8) is 0 Å². The number of hydrogen-bond donors (Lipinski definition) is 2. The quantitative estimate of drug-likeness (QED) is 0.609. The van der Waals surface area contributed by atoms with Crippen LogP contribution in [0.5, 0.6) is 5.75 Å². The molecule has 0 spiro atoms. The van der Waals surface area contributed by atoms with Crippen LogP contribution >= 0.6 is 0 Å². The minimum atomic E-state index is -0.307. The van der Waals surface area contributed by atoms with E-state index in [4.69, 9.17) is 4.74 Å². The number of para-hydroxylation sites is 1. The van der Waals surface area contributed by atoms with Crippen LogP contribution in [0.3, 0.4) is 0 Å². The van der Waals surface area contributed by atoms with E-state index in [-0.39, 0.29) is 11.8 Å². The first kappa shape index (κ1) is 20.1. The van der Waals surface area contributed by atoms with Crippen molar-refractivity contribution in [2.24, 2.45) is 0 Å². The van der Waals surface area contributed by atoms with Gasteiger partial charge in [0.15, 0.2) is 0 Å². The molecule has 148 valence electrons. The van der Waals surface area contributed by atoms with Crippen molar-refractivity contribution in [2.45, 2.75) is 20.8 Å². The Morgan fingerprint density at radius 2 is 1.62 bits per heavy atom. The van der Waals surface area contributed by atoms with Gasteiger partial charge in [0.2, 0.25) is 0 Å². The van der Waals surface area contributed by atoms with E-state index in [9.17, 15) is 9.59 Å². The molecule has 2 N–H and O–H groups in total. The lowest BCUT2D eigenvalue weighted by Gasteiger charge is -2.13. The molecule has 3 rings (SSSR count). The molecule has 0 saturated carbocycles. The lowest BCUT2D eigenvalue weighted by molar-refractivity contribution is 0.102. The second-order valence-corrected chi connectivity index (χ2v) is 6.71. The van der Waals surface area contributed by atoms with Gasteiger partial charge in [-0.2, -0.15) is 0 Å². The monoisotopic (exact) mass is 388 g/mol. The number of anilines is 2. The fraction of sp³-hybridized carbons (Fsp3) is 0.167. The number of aryl methyl sites for hydroxylation is 2. The second kappa shape index (κ2) is 9.06. The lowest BCUT2D eigenvalue weighted by Crippen LogP contribution is -2.18. The van der Waals surface area contributed by atoms with Gasteiger partial charge in [-0.05, 0) is 74.4 Å². The Balaban J connectivity index is 1.79. The van der Waals surface area contributed by atoms with Gasteiger partial charge < -0.3 is 15.4 Å². The zero-order valence-electron chi connectivity index (χ0n) is 16.8. The second-order valence-electron chi connectivity index (χ2n) is 6.71. The highest BCUT2D eigenvalue weighted by atomic mass is 16.5. The molecule has 0 unspecified atom stereocenters. The SMILES string of the molecule is CCOc1cccc(C(=O)Nc2ccccc2C(=O)Nc2ccc(C)c(C)c2)c1. The first-order valence-electron chi connectivity index (χ1n) is 9.49. The zero-order chi connectivity index (χ0) is 20.8. The van der Waals surface area contributed by atoms with Crippen LogP contribution in [0.1, 0.15) is 38.8 Å². The summed E-state index contributed by atoms with van der Waals surface area (Å²) in [6.45, 7) is 6.42. The molecule has 5 heteroatoms. The van der Waals surface area contributed by atoms with E-state index in [1.807, 2.05) is 39.0 Å². The highest BCUT2D eigenvalue weighted by molar-refractivity contribution is 6.12. The minimum Gasteiger partial charge on any atom is -0.494 e. The summed E-state index contributed by atoms with van der Waals surface area (Å²) < 4.78 is 5.45. The smallest absolute Gasteiger partial charge is 0.257 e. The molecule has 5 nitrogen and oxygen atoms in total. The summed E-state index contributed by atoms with van der Waals surface area (Å²) in [4.78, 5) is 25.5. The highest BCUT2D eigenvalue weighted by Crippen LogP contribution is 2.21. The molecular weight excluding hydrogens is 364 g/mol. The Morgan fingerprint density at radius 3 is 2.38 bits per heavy atom. The van der Waals surface area contributed by atoms with Crippen molar-refractivity contribution in [3.8, 4) is 5.75 Å². The predicted molar refractivity (Wildman–Crippen MR) is 116 cm³/mol. The van der Waals surface area contributed by atoms with E-state index in [2.05, 4.69) is 10.6 Å². The van der Waals surface area contributed by atoms with E-state index in [1.165, 1.54) is 0 Å². The van der Waals surface area contributed by atoms with E-state index in [1.54, 1.807) is 48.5 Å². The molecule has 0 heterocycles. The number of amides is 2. The van der Waals surface area contributed by atoms with Crippen LogP contribution < -0.4 is 15.4 Å². The summed E-state index contributed by atoms with van der Waals surface area (Å²) in [7, 11) is 0. The molecule has 2 amide bonds. The first-order chi connectivity index (χ1) is 14.0. The fourth-order valence-corrected chi connectivity index (χ4v) is 2.90. The van der Waals surface area contributed by atoms with Crippen LogP contribution in [0.15, 0.2) is 66.7 Å². The largest absolute Gasteiger partial charge is 0.494 e. The van der Waals surface area contributed by atoms with Crippen molar-refractivity contribution in [2.75, 3.05) is 17.2 Å². The third kappa shape index (κ3) is 5.02. The topological polar surface area (TPSA) is 67.4 Å². The average Bonchev–Trinajstić information content (AvgIpc) is 2.71. The molecule has 0 fully saturated rings. The Bertz CT molecular complexity index is 1040. The lowest BCUT2D eigenvalue weighted by atomic mass is 10.1. The van der Waals surface area contributed by atoms with E-state index in [0.29, 0.717) is 34.9 Å². The van der Waals surface area contributed by atoms with Crippen molar-refractivity contribution in [1.82, 2.24) is 0 Å². The third-order valence-electron chi connectivity index (χ3n) is 4.59. The van der Waals surface area contributed by atoms with Crippen molar-refractivity contribution in [3.05, 3.63) is 89.0 Å². The summed E-state index contributed by atoms with van der Waals surface area (Å²) in [5, 5.41) is 5.72. The average molecular weight is 388 g/mol. The Hall–Kier alpha value is -3.60. The van der Waals surface area contributed by atoms with Crippen LogP contribution in [0, 0.1) is 13.8 Å². The van der Waals surface area contributed by atoms with Crippen molar-refractivity contribution >= 4 is 23.2 Å². The summed E-state index contributed by atoms with van der Waals surface area (Å²) in [5.41, 5.74) is 4.26.